The number of hydrogen-bond donors (Lipinski definition) is 0. The lowest BCUT2D eigenvalue weighted by molar-refractivity contribution is -0.00789. The van der Waals surface area contributed by atoms with Gasteiger partial charge in [-0.25, -0.2) is 8.42 Å². The summed E-state index contributed by atoms with van der Waals surface area (Å²) in [6, 6.07) is 4.85. The van der Waals surface area contributed by atoms with Crippen LogP contribution in [0.1, 0.15) is 25.0 Å². The van der Waals surface area contributed by atoms with Gasteiger partial charge in [0.15, 0.2) is 0 Å². The first-order valence-electron chi connectivity index (χ1n) is 4.53. The standard InChI is InChI=1S/C10H11ClO3S/c1-10(2)9-4-3-8(15(11,12)13)5-7(9)6-14-10/h3-5H,6H2,1-2H3. The van der Waals surface area contributed by atoms with Crippen molar-refractivity contribution in [2.75, 3.05) is 0 Å². The lowest BCUT2D eigenvalue weighted by Gasteiger charge is -2.17. The first-order valence-corrected chi connectivity index (χ1v) is 6.84. The van der Waals surface area contributed by atoms with Gasteiger partial charge in [0.1, 0.15) is 0 Å². The molecule has 0 amide bonds. The second kappa shape index (κ2) is 3.20. The Morgan fingerprint density at radius 2 is 2.07 bits per heavy atom. The maximum Gasteiger partial charge on any atom is 0.261 e. The number of fused-ring (bicyclic) bond motifs is 1. The normalized spacial score (nSPS) is 18.9. The molecule has 0 aromatic heterocycles. The Balaban J connectivity index is 2.56. The fourth-order valence-electron chi connectivity index (χ4n) is 1.76. The Labute approximate surface area is 93.4 Å². The van der Waals surface area contributed by atoms with Crippen LogP contribution in [0, 0.1) is 0 Å². The van der Waals surface area contributed by atoms with Gasteiger partial charge in [-0.05, 0) is 37.1 Å². The van der Waals surface area contributed by atoms with Gasteiger partial charge < -0.3 is 4.74 Å². The van der Waals surface area contributed by atoms with Crippen molar-refractivity contribution >= 4 is 19.7 Å². The van der Waals surface area contributed by atoms with E-state index in [0.29, 0.717) is 6.61 Å². The Morgan fingerprint density at radius 1 is 1.40 bits per heavy atom. The van der Waals surface area contributed by atoms with Crippen LogP contribution in [-0.2, 0) is 26.0 Å². The van der Waals surface area contributed by atoms with Gasteiger partial charge in [-0.15, -0.1) is 0 Å². The molecular weight excluding hydrogens is 236 g/mol. The predicted molar refractivity (Wildman–Crippen MR) is 57.3 cm³/mol. The van der Waals surface area contributed by atoms with Crippen LogP contribution in [0.2, 0.25) is 0 Å². The third kappa shape index (κ3) is 1.89. The first kappa shape index (κ1) is 10.9. The second-order valence-electron chi connectivity index (χ2n) is 4.06. The van der Waals surface area contributed by atoms with E-state index in [1.54, 1.807) is 12.1 Å². The van der Waals surface area contributed by atoms with E-state index in [0.717, 1.165) is 11.1 Å². The summed E-state index contributed by atoms with van der Waals surface area (Å²) in [5, 5.41) is 0. The highest BCUT2D eigenvalue weighted by molar-refractivity contribution is 8.13. The Kier molecular flexibility index (Phi) is 2.33. The number of hydrogen-bond acceptors (Lipinski definition) is 3. The summed E-state index contributed by atoms with van der Waals surface area (Å²) < 4.78 is 27.8. The third-order valence-corrected chi connectivity index (χ3v) is 3.95. The Hall–Kier alpha value is -0.580. The molecular formula is C10H11ClO3S. The summed E-state index contributed by atoms with van der Waals surface area (Å²) in [7, 11) is 1.62. The quantitative estimate of drug-likeness (QED) is 0.715. The number of benzene rings is 1. The van der Waals surface area contributed by atoms with Crippen LogP contribution in [0.4, 0.5) is 0 Å². The minimum atomic E-state index is -3.65. The summed E-state index contributed by atoms with van der Waals surface area (Å²) in [5.74, 6) is 0. The van der Waals surface area contributed by atoms with Crippen LogP contribution in [-0.4, -0.2) is 8.42 Å². The molecule has 15 heavy (non-hydrogen) atoms. The van der Waals surface area contributed by atoms with Gasteiger partial charge in [0, 0.05) is 10.7 Å². The van der Waals surface area contributed by atoms with E-state index in [2.05, 4.69) is 0 Å². The van der Waals surface area contributed by atoms with Crippen molar-refractivity contribution < 1.29 is 13.2 Å². The highest BCUT2D eigenvalue weighted by Gasteiger charge is 2.31. The fraction of sp³-hybridized carbons (Fsp3) is 0.400. The summed E-state index contributed by atoms with van der Waals surface area (Å²) in [4.78, 5) is 0.129. The molecule has 1 heterocycles. The van der Waals surface area contributed by atoms with Gasteiger partial charge in [0.25, 0.3) is 9.05 Å². The zero-order chi connectivity index (χ0) is 11.3. The minimum absolute atomic E-state index is 0.129. The summed E-state index contributed by atoms with van der Waals surface area (Å²) >= 11 is 0. The minimum Gasteiger partial charge on any atom is -0.366 e. The van der Waals surface area contributed by atoms with E-state index in [1.165, 1.54) is 6.07 Å². The Bertz CT molecular complexity index is 505. The predicted octanol–water partition coefficient (Wildman–Crippen LogP) is 2.38. The summed E-state index contributed by atoms with van der Waals surface area (Å²) in [6.07, 6.45) is 0. The van der Waals surface area contributed by atoms with Crippen LogP contribution < -0.4 is 0 Å². The van der Waals surface area contributed by atoms with Crippen LogP contribution in [0.15, 0.2) is 23.1 Å². The lowest BCUT2D eigenvalue weighted by Crippen LogP contribution is -2.14. The molecule has 0 fully saturated rings. The maximum absolute atomic E-state index is 11.1. The van der Waals surface area contributed by atoms with Crippen molar-refractivity contribution in [2.45, 2.75) is 31.0 Å². The van der Waals surface area contributed by atoms with E-state index >= 15 is 0 Å². The lowest BCUT2D eigenvalue weighted by atomic mass is 9.96. The van der Waals surface area contributed by atoms with Crippen LogP contribution in [0.3, 0.4) is 0 Å². The van der Waals surface area contributed by atoms with Gasteiger partial charge in [-0.2, -0.15) is 0 Å². The second-order valence-corrected chi connectivity index (χ2v) is 6.62. The van der Waals surface area contributed by atoms with E-state index in [-0.39, 0.29) is 10.5 Å². The molecule has 1 aliphatic heterocycles. The van der Waals surface area contributed by atoms with E-state index < -0.39 is 9.05 Å². The molecule has 0 atom stereocenters. The SMILES string of the molecule is CC1(C)OCc2cc(S(=O)(=O)Cl)ccc21. The highest BCUT2D eigenvalue weighted by atomic mass is 35.7. The van der Waals surface area contributed by atoms with Crippen molar-refractivity contribution in [2.24, 2.45) is 0 Å². The molecule has 82 valence electrons. The van der Waals surface area contributed by atoms with Gasteiger partial charge >= 0.3 is 0 Å². The van der Waals surface area contributed by atoms with Crippen LogP contribution in [0.25, 0.3) is 0 Å². The molecule has 5 heteroatoms. The molecule has 0 radical (unpaired) electrons. The Morgan fingerprint density at radius 3 is 2.67 bits per heavy atom. The molecule has 0 saturated heterocycles. The molecule has 0 spiro atoms. The van der Waals surface area contributed by atoms with Crippen molar-refractivity contribution in [3.05, 3.63) is 29.3 Å². The van der Waals surface area contributed by atoms with Gasteiger partial charge in [-0.1, -0.05) is 6.07 Å². The number of ether oxygens (including phenoxy) is 1. The summed E-state index contributed by atoms with van der Waals surface area (Å²) in [6.45, 7) is 4.34. The zero-order valence-corrected chi connectivity index (χ0v) is 10.0. The average molecular weight is 247 g/mol. The van der Waals surface area contributed by atoms with E-state index in [4.69, 9.17) is 15.4 Å². The van der Waals surface area contributed by atoms with Crippen molar-refractivity contribution in [3.63, 3.8) is 0 Å². The molecule has 0 saturated carbocycles. The van der Waals surface area contributed by atoms with E-state index in [1.807, 2.05) is 13.8 Å². The molecule has 0 unspecified atom stereocenters. The third-order valence-electron chi connectivity index (χ3n) is 2.60. The molecule has 1 aliphatic rings. The smallest absolute Gasteiger partial charge is 0.261 e. The monoisotopic (exact) mass is 246 g/mol. The number of halogens is 1. The van der Waals surface area contributed by atoms with Crippen molar-refractivity contribution in [1.82, 2.24) is 0 Å². The van der Waals surface area contributed by atoms with Gasteiger partial charge in [0.2, 0.25) is 0 Å². The van der Waals surface area contributed by atoms with Crippen LogP contribution in [0.5, 0.6) is 0 Å². The highest BCUT2D eigenvalue weighted by Crippen LogP contribution is 2.36. The van der Waals surface area contributed by atoms with Gasteiger partial charge in [-0.3, -0.25) is 0 Å². The number of rotatable bonds is 1. The summed E-state index contributed by atoms with van der Waals surface area (Å²) in [5.41, 5.74) is 1.57. The van der Waals surface area contributed by atoms with E-state index in [9.17, 15) is 8.42 Å². The fourth-order valence-corrected chi connectivity index (χ4v) is 2.57. The molecule has 0 N–H and O–H groups in total. The molecule has 3 nitrogen and oxygen atoms in total. The molecule has 0 aliphatic carbocycles. The van der Waals surface area contributed by atoms with Crippen LogP contribution >= 0.6 is 10.7 Å². The zero-order valence-electron chi connectivity index (χ0n) is 8.45. The maximum atomic E-state index is 11.1. The molecule has 2 rings (SSSR count). The van der Waals surface area contributed by atoms with Crippen molar-refractivity contribution in [1.29, 1.82) is 0 Å². The largest absolute Gasteiger partial charge is 0.366 e. The van der Waals surface area contributed by atoms with Gasteiger partial charge in [0.05, 0.1) is 17.1 Å². The molecule has 0 bridgehead atoms. The molecule has 1 aromatic carbocycles. The first-order chi connectivity index (χ1) is 6.81. The van der Waals surface area contributed by atoms with Crippen molar-refractivity contribution in [3.8, 4) is 0 Å². The molecule has 1 aromatic rings. The topological polar surface area (TPSA) is 43.4 Å². The average Bonchev–Trinajstić information content (AvgIpc) is 2.41.